The Balaban J connectivity index is 1.49. The van der Waals surface area contributed by atoms with Gasteiger partial charge in [-0.1, -0.05) is 30.3 Å². The number of aryl methyl sites for hydroxylation is 1. The molecule has 3 N–H and O–H groups in total. The second kappa shape index (κ2) is 8.39. The van der Waals surface area contributed by atoms with E-state index in [0.717, 1.165) is 42.0 Å². The summed E-state index contributed by atoms with van der Waals surface area (Å²) in [6, 6.07) is 11.5. The van der Waals surface area contributed by atoms with Gasteiger partial charge in [-0.3, -0.25) is 0 Å². The number of pyridine rings is 1. The molecule has 1 aromatic heterocycles. The summed E-state index contributed by atoms with van der Waals surface area (Å²) in [5.41, 5.74) is 2.02. The van der Waals surface area contributed by atoms with Crippen LogP contribution in [0.5, 0.6) is 0 Å². The van der Waals surface area contributed by atoms with Gasteiger partial charge in [-0.15, -0.1) is 0 Å². The first-order chi connectivity index (χ1) is 13.1. The van der Waals surface area contributed by atoms with E-state index in [1.54, 1.807) is 6.20 Å². The molecule has 0 aliphatic heterocycles. The second-order valence-electron chi connectivity index (χ2n) is 6.92. The Labute approximate surface area is 160 Å². The van der Waals surface area contributed by atoms with Crippen LogP contribution in [0.1, 0.15) is 37.0 Å². The molecule has 2 amide bonds. The van der Waals surface area contributed by atoms with E-state index in [0.29, 0.717) is 13.0 Å². The number of nitrogens with one attached hydrogen (secondary N) is 2. The number of nitrogens with zero attached hydrogens (tertiary/aromatic N) is 2. The average molecular weight is 368 g/mol. The molecule has 144 valence electrons. The van der Waals surface area contributed by atoms with Gasteiger partial charge in [0, 0.05) is 25.8 Å². The fourth-order valence-corrected chi connectivity index (χ4v) is 3.58. The first kappa shape index (κ1) is 19.2. The molecule has 0 bridgehead atoms. The van der Waals surface area contributed by atoms with Gasteiger partial charge in [0.2, 0.25) is 0 Å². The Morgan fingerprint density at radius 1 is 1.19 bits per heavy atom. The summed E-state index contributed by atoms with van der Waals surface area (Å²) < 4.78 is 0. The van der Waals surface area contributed by atoms with Crippen LogP contribution >= 0.6 is 0 Å². The minimum absolute atomic E-state index is 0.203. The zero-order chi connectivity index (χ0) is 19.3. The molecular formula is C21H28N4O2. The standard InChI is InChI=1S/C21H28N4O2/c1-3-25(4-2)19-10-9-16(13-22-19)14-23-20(26)24-15-21(27)12-11-17-7-5-6-8-18(17)21/h5-10,13,27H,3-4,11-12,14-15H2,1-2H3,(H2,23,24,26). The van der Waals surface area contributed by atoms with Crippen molar-refractivity contribution in [1.29, 1.82) is 0 Å². The van der Waals surface area contributed by atoms with Gasteiger partial charge in [0.25, 0.3) is 0 Å². The first-order valence-corrected chi connectivity index (χ1v) is 9.58. The lowest BCUT2D eigenvalue weighted by Gasteiger charge is -2.24. The van der Waals surface area contributed by atoms with Crippen molar-refractivity contribution in [2.45, 2.75) is 38.8 Å². The SMILES string of the molecule is CCN(CC)c1ccc(CNC(=O)NCC2(O)CCc3ccccc32)cn1. The van der Waals surface area contributed by atoms with Crippen molar-refractivity contribution in [1.82, 2.24) is 15.6 Å². The van der Waals surface area contributed by atoms with Crippen LogP contribution in [0.25, 0.3) is 0 Å². The summed E-state index contributed by atoms with van der Waals surface area (Å²) in [6.07, 6.45) is 3.25. The molecule has 2 aromatic rings. The smallest absolute Gasteiger partial charge is 0.315 e. The zero-order valence-electron chi connectivity index (χ0n) is 16.0. The van der Waals surface area contributed by atoms with Crippen LogP contribution in [0.2, 0.25) is 0 Å². The molecule has 27 heavy (non-hydrogen) atoms. The van der Waals surface area contributed by atoms with Crippen LogP contribution in [0.4, 0.5) is 10.6 Å². The number of carbonyl (C=O) groups is 1. The van der Waals surface area contributed by atoms with Crippen molar-refractivity contribution < 1.29 is 9.90 Å². The Morgan fingerprint density at radius 2 is 1.96 bits per heavy atom. The van der Waals surface area contributed by atoms with Gasteiger partial charge < -0.3 is 20.6 Å². The van der Waals surface area contributed by atoms with Gasteiger partial charge in [0.05, 0.1) is 6.54 Å². The predicted octanol–water partition coefficient (Wildman–Crippen LogP) is 2.56. The number of benzene rings is 1. The molecule has 3 rings (SSSR count). The molecule has 0 spiro atoms. The van der Waals surface area contributed by atoms with Gasteiger partial charge in [-0.25, -0.2) is 9.78 Å². The van der Waals surface area contributed by atoms with Crippen LogP contribution in [-0.2, 0) is 18.6 Å². The fraction of sp³-hybridized carbons (Fsp3) is 0.429. The molecule has 0 fully saturated rings. The van der Waals surface area contributed by atoms with Crippen molar-refractivity contribution in [3.63, 3.8) is 0 Å². The highest BCUT2D eigenvalue weighted by molar-refractivity contribution is 5.74. The number of aliphatic hydroxyl groups is 1. The van der Waals surface area contributed by atoms with E-state index in [1.165, 1.54) is 0 Å². The Morgan fingerprint density at radius 3 is 2.67 bits per heavy atom. The lowest BCUT2D eigenvalue weighted by molar-refractivity contribution is 0.0412. The number of urea groups is 1. The summed E-state index contributed by atoms with van der Waals surface area (Å²) >= 11 is 0. The number of hydrogen-bond acceptors (Lipinski definition) is 4. The van der Waals surface area contributed by atoms with E-state index in [-0.39, 0.29) is 12.6 Å². The number of hydrogen-bond donors (Lipinski definition) is 3. The largest absolute Gasteiger partial charge is 0.383 e. The van der Waals surface area contributed by atoms with E-state index in [1.807, 2.05) is 36.4 Å². The minimum atomic E-state index is -0.985. The maximum Gasteiger partial charge on any atom is 0.315 e. The summed E-state index contributed by atoms with van der Waals surface area (Å²) in [7, 11) is 0. The normalized spacial score (nSPS) is 18.0. The molecule has 1 atom stereocenters. The predicted molar refractivity (Wildman–Crippen MR) is 107 cm³/mol. The van der Waals surface area contributed by atoms with Crippen molar-refractivity contribution in [2.24, 2.45) is 0 Å². The van der Waals surface area contributed by atoms with Crippen molar-refractivity contribution >= 4 is 11.8 Å². The lowest BCUT2D eigenvalue weighted by atomic mass is 9.96. The summed E-state index contributed by atoms with van der Waals surface area (Å²) in [5.74, 6) is 0.940. The van der Waals surface area contributed by atoms with E-state index < -0.39 is 5.60 Å². The Kier molecular flexibility index (Phi) is 5.96. The highest BCUT2D eigenvalue weighted by Crippen LogP contribution is 2.36. The van der Waals surface area contributed by atoms with Crippen LogP contribution in [0.3, 0.4) is 0 Å². The summed E-state index contributed by atoms with van der Waals surface area (Å²) in [4.78, 5) is 18.8. The summed E-state index contributed by atoms with van der Waals surface area (Å²) in [5, 5.41) is 16.5. The van der Waals surface area contributed by atoms with Crippen LogP contribution in [-0.4, -0.2) is 35.8 Å². The molecule has 1 unspecified atom stereocenters. The van der Waals surface area contributed by atoms with Gasteiger partial charge in [-0.05, 0) is 49.4 Å². The molecule has 1 heterocycles. The number of fused-ring (bicyclic) bond motifs is 1. The third kappa shape index (κ3) is 4.39. The highest BCUT2D eigenvalue weighted by Gasteiger charge is 2.36. The van der Waals surface area contributed by atoms with Crippen LogP contribution in [0.15, 0.2) is 42.6 Å². The quantitative estimate of drug-likeness (QED) is 0.702. The third-order valence-corrected chi connectivity index (χ3v) is 5.22. The van der Waals surface area contributed by atoms with E-state index in [2.05, 4.69) is 34.4 Å². The topological polar surface area (TPSA) is 77.5 Å². The van der Waals surface area contributed by atoms with E-state index in [4.69, 9.17) is 0 Å². The molecule has 0 saturated carbocycles. The first-order valence-electron chi connectivity index (χ1n) is 9.58. The Hall–Kier alpha value is -2.60. The molecule has 6 heteroatoms. The number of aromatic nitrogens is 1. The molecule has 0 radical (unpaired) electrons. The molecule has 1 aromatic carbocycles. The van der Waals surface area contributed by atoms with Gasteiger partial charge in [0.15, 0.2) is 0 Å². The number of rotatable bonds is 7. The Bertz CT molecular complexity index is 774. The zero-order valence-corrected chi connectivity index (χ0v) is 16.0. The van der Waals surface area contributed by atoms with Crippen molar-refractivity contribution in [3.05, 3.63) is 59.3 Å². The highest BCUT2D eigenvalue weighted by atomic mass is 16.3. The molecule has 1 aliphatic carbocycles. The fourth-order valence-electron chi connectivity index (χ4n) is 3.58. The van der Waals surface area contributed by atoms with E-state index >= 15 is 0 Å². The maximum atomic E-state index is 12.1. The minimum Gasteiger partial charge on any atom is -0.383 e. The van der Waals surface area contributed by atoms with E-state index in [9.17, 15) is 9.90 Å². The number of anilines is 1. The molecule has 6 nitrogen and oxygen atoms in total. The van der Waals surface area contributed by atoms with Crippen molar-refractivity contribution in [2.75, 3.05) is 24.5 Å². The third-order valence-electron chi connectivity index (χ3n) is 5.22. The monoisotopic (exact) mass is 368 g/mol. The van der Waals surface area contributed by atoms with Crippen molar-refractivity contribution in [3.8, 4) is 0 Å². The number of amides is 2. The second-order valence-corrected chi connectivity index (χ2v) is 6.92. The summed E-state index contributed by atoms with van der Waals surface area (Å²) in [6.45, 7) is 6.62. The van der Waals surface area contributed by atoms with Gasteiger partial charge in [0.1, 0.15) is 11.4 Å². The van der Waals surface area contributed by atoms with Gasteiger partial charge in [-0.2, -0.15) is 0 Å². The average Bonchev–Trinajstić information content (AvgIpc) is 3.04. The maximum absolute atomic E-state index is 12.1. The van der Waals surface area contributed by atoms with Gasteiger partial charge >= 0.3 is 6.03 Å². The number of carbonyl (C=O) groups excluding carboxylic acids is 1. The molecule has 0 saturated heterocycles. The lowest BCUT2D eigenvalue weighted by Crippen LogP contribution is -2.43. The van der Waals surface area contributed by atoms with Crippen LogP contribution < -0.4 is 15.5 Å². The van der Waals surface area contributed by atoms with Crippen LogP contribution in [0, 0.1) is 0 Å². The molecule has 1 aliphatic rings. The molecular weight excluding hydrogens is 340 g/mol.